The van der Waals surface area contributed by atoms with Crippen LogP contribution in [0, 0.1) is 9.39 Å². The van der Waals surface area contributed by atoms with Crippen molar-refractivity contribution in [2.24, 2.45) is 0 Å². The van der Waals surface area contributed by atoms with Gasteiger partial charge < -0.3 is 10.1 Å². The van der Waals surface area contributed by atoms with Crippen molar-refractivity contribution in [1.29, 1.82) is 0 Å². The van der Waals surface area contributed by atoms with E-state index >= 15 is 0 Å². The van der Waals surface area contributed by atoms with E-state index in [0.717, 1.165) is 0 Å². The lowest BCUT2D eigenvalue weighted by Crippen LogP contribution is -2.14. The van der Waals surface area contributed by atoms with Crippen LogP contribution < -0.4 is 5.32 Å². The van der Waals surface area contributed by atoms with Crippen LogP contribution in [-0.4, -0.2) is 19.0 Å². The molecule has 0 spiro atoms. The van der Waals surface area contributed by atoms with Gasteiger partial charge in [0.05, 0.1) is 28.9 Å². The highest BCUT2D eigenvalue weighted by atomic mass is 127. The predicted octanol–water partition coefficient (Wildman–Crippen LogP) is 4.12. The molecule has 0 aromatic heterocycles. The van der Waals surface area contributed by atoms with E-state index in [-0.39, 0.29) is 16.3 Å². The largest absolute Gasteiger partial charge is 0.465 e. The van der Waals surface area contributed by atoms with E-state index in [1.165, 1.54) is 43.5 Å². The highest BCUT2D eigenvalue weighted by Gasteiger charge is 2.14. The summed E-state index contributed by atoms with van der Waals surface area (Å²) in [5, 5.41) is 2.88. The van der Waals surface area contributed by atoms with Crippen LogP contribution in [0.15, 0.2) is 36.4 Å². The summed E-state index contributed by atoms with van der Waals surface area (Å²) in [6.45, 7) is 0. The minimum absolute atomic E-state index is 0.260. The number of nitrogens with one attached hydrogen (secondary N) is 1. The zero-order chi connectivity index (χ0) is 16.3. The third-order valence-electron chi connectivity index (χ3n) is 2.81. The molecule has 0 heterocycles. The van der Waals surface area contributed by atoms with Gasteiger partial charge in [-0.1, -0.05) is 11.6 Å². The van der Waals surface area contributed by atoms with Crippen LogP contribution in [0.5, 0.6) is 0 Å². The molecule has 0 bridgehead atoms. The SMILES string of the molecule is COC(=O)c1ccc(Cl)c(NC(=O)c2ccc(F)cc2I)c1. The number of benzene rings is 2. The normalized spacial score (nSPS) is 10.2. The first-order chi connectivity index (χ1) is 10.4. The minimum atomic E-state index is -0.538. The van der Waals surface area contributed by atoms with E-state index in [1.54, 1.807) is 0 Å². The van der Waals surface area contributed by atoms with E-state index < -0.39 is 17.7 Å². The number of carbonyl (C=O) groups excluding carboxylic acids is 2. The van der Waals surface area contributed by atoms with Gasteiger partial charge >= 0.3 is 5.97 Å². The molecule has 114 valence electrons. The molecule has 0 fully saturated rings. The van der Waals surface area contributed by atoms with E-state index in [1.807, 2.05) is 22.6 Å². The molecule has 1 N–H and O–H groups in total. The molecule has 2 aromatic rings. The van der Waals surface area contributed by atoms with Crippen molar-refractivity contribution < 1.29 is 18.7 Å². The summed E-state index contributed by atoms with van der Waals surface area (Å²) < 4.78 is 18.2. The summed E-state index contributed by atoms with van der Waals surface area (Å²) in [6.07, 6.45) is 0. The monoisotopic (exact) mass is 433 g/mol. The average molecular weight is 434 g/mol. The number of anilines is 1. The van der Waals surface area contributed by atoms with Crippen molar-refractivity contribution in [1.82, 2.24) is 0 Å². The Labute approximate surface area is 144 Å². The number of hydrogen-bond acceptors (Lipinski definition) is 3. The van der Waals surface area contributed by atoms with Crippen molar-refractivity contribution in [3.05, 3.63) is 61.9 Å². The highest BCUT2D eigenvalue weighted by molar-refractivity contribution is 14.1. The first-order valence-electron chi connectivity index (χ1n) is 6.06. The summed E-state index contributed by atoms with van der Waals surface area (Å²) in [4.78, 5) is 23.7. The first-order valence-corrected chi connectivity index (χ1v) is 7.52. The Morgan fingerprint density at radius 1 is 1.23 bits per heavy atom. The average Bonchev–Trinajstić information content (AvgIpc) is 2.48. The number of rotatable bonds is 3. The van der Waals surface area contributed by atoms with Crippen LogP contribution in [0.2, 0.25) is 5.02 Å². The Kier molecular flexibility index (Phi) is 5.36. The Bertz CT molecular complexity index is 752. The molecule has 2 aromatic carbocycles. The van der Waals surface area contributed by atoms with E-state index in [9.17, 15) is 14.0 Å². The van der Waals surface area contributed by atoms with Crippen LogP contribution in [0.25, 0.3) is 0 Å². The fraction of sp³-hybridized carbons (Fsp3) is 0.0667. The zero-order valence-corrected chi connectivity index (χ0v) is 14.2. The summed E-state index contributed by atoms with van der Waals surface area (Å²) in [6, 6.07) is 8.23. The van der Waals surface area contributed by atoms with Crippen LogP contribution in [0.4, 0.5) is 10.1 Å². The first kappa shape index (κ1) is 16.7. The fourth-order valence-electron chi connectivity index (χ4n) is 1.73. The molecule has 0 aliphatic carbocycles. The summed E-state index contributed by atoms with van der Waals surface area (Å²) >= 11 is 7.88. The molecule has 7 heteroatoms. The van der Waals surface area contributed by atoms with E-state index in [2.05, 4.69) is 10.1 Å². The van der Waals surface area contributed by atoms with Gasteiger partial charge in [0.25, 0.3) is 5.91 Å². The maximum atomic E-state index is 13.1. The number of halogens is 3. The molecule has 0 aliphatic rings. The van der Waals surface area contributed by atoms with Crippen LogP contribution in [-0.2, 0) is 4.74 Å². The summed E-state index contributed by atoms with van der Waals surface area (Å²) in [7, 11) is 1.26. The zero-order valence-electron chi connectivity index (χ0n) is 11.3. The molecular weight excluding hydrogens is 424 g/mol. The molecule has 0 radical (unpaired) electrons. The molecule has 22 heavy (non-hydrogen) atoms. The second-order valence-corrected chi connectivity index (χ2v) is 5.83. The number of ether oxygens (including phenoxy) is 1. The standard InChI is InChI=1S/C15H10ClFINO3/c1-22-15(21)8-2-5-11(16)13(6-8)19-14(20)10-4-3-9(17)7-12(10)18/h2-7H,1H3,(H,19,20). The Balaban J connectivity index is 2.29. The second-order valence-electron chi connectivity index (χ2n) is 4.26. The van der Waals surface area contributed by atoms with Crippen LogP contribution >= 0.6 is 34.2 Å². The van der Waals surface area contributed by atoms with Crippen molar-refractivity contribution in [2.75, 3.05) is 12.4 Å². The van der Waals surface area contributed by atoms with Gasteiger partial charge in [-0.2, -0.15) is 0 Å². The maximum absolute atomic E-state index is 13.1. The smallest absolute Gasteiger partial charge is 0.337 e. The topological polar surface area (TPSA) is 55.4 Å². The highest BCUT2D eigenvalue weighted by Crippen LogP contribution is 2.25. The van der Waals surface area contributed by atoms with Crippen molar-refractivity contribution in [3.8, 4) is 0 Å². The van der Waals surface area contributed by atoms with Gasteiger partial charge in [-0.3, -0.25) is 4.79 Å². The Morgan fingerprint density at radius 3 is 2.59 bits per heavy atom. The number of hydrogen-bond donors (Lipinski definition) is 1. The lowest BCUT2D eigenvalue weighted by Gasteiger charge is -2.10. The number of methoxy groups -OCH3 is 1. The van der Waals surface area contributed by atoms with Gasteiger partial charge in [0.1, 0.15) is 5.82 Å². The fourth-order valence-corrected chi connectivity index (χ4v) is 2.62. The molecule has 2 rings (SSSR count). The number of amides is 1. The molecule has 0 aliphatic heterocycles. The molecule has 0 atom stereocenters. The van der Waals surface area contributed by atoms with Crippen molar-refractivity contribution >= 4 is 51.8 Å². The van der Waals surface area contributed by atoms with Gasteiger partial charge in [-0.15, -0.1) is 0 Å². The van der Waals surface area contributed by atoms with Gasteiger partial charge in [0.2, 0.25) is 0 Å². The van der Waals surface area contributed by atoms with Crippen LogP contribution in [0.1, 0.15) is 20.7 Å². The quantitative estimate of drug-likeness (QED) is 0.585. The third kappa shape index (κ3) is 3.75. The lowest BCUT2D eigenvalue weighted by molar-refractivity contribution is 0.0600. The third-order valence-corrected chi connectivity index (χ3v) is 4.03. The molecule has 0 saturated carbocycles. The molecule has 0 unspecified atom stereocenters. The van der Waals surface area contributed by atoms with Gasteiger partial charge in [-0.25, -0.2) is 9.18 Å². The van der Waals surface area contributed by atoms with Crippen molar-refractivity contribution in [2.45, 2.75) is 0 Å². The second kappa shape index (κ2) is 7.06. The van der Waals surface area contributed by atoms with Crippen molar-refractivity contribution in [3.63, 3.8) is 0 Å². The Morgan fingerprint density at radius 2 is 1.95 bits per heavy atom. The minimum Gasteiger partial charge on any atom is -0.465 e. The predicted molar refractivity (Wildman–Crippen MR) is 89.9 cm³/mol. The number of esters is 1. The number of carbonyl (C=O) groups is 2. The van der Waals surface area contributed by atoms with Gasteiger partial charge in [0.15, 0.2) is 0 Å². The summed E-state index contributed by atoms with van der Waals surface area (Å²) in [5.41, 5.74) is 0.840. The van der Waals surface area contributed by atoms with Gasteiger partial charge in [-0.05, 0) is 59.0 Å². The van der Waals surface area contributed by atoms with E-state index in [4.69, 9.17) is 11.6 Å². The molecule has 4 nitrogen and oxygen atoms in total. The van der Waals surface area contributed by atoms with Gasteiger partial charge in [0, 0.05) is 3.57 Å². The molecule has 1 amide bonds. The Hall–Kier alpha value is -1.67. The van der Waals surface area contributed by atoms with Crippen LogP contribution in [0.3, 0.4) is 0 Å². The molecular formula is C15H10ClFINO3. The maximum Gasteiger partial charge on any atom is 0.337 e. The van der Waals surface area contributed by atoms with E-state index in [0.29, 0.717) is 9.13 Å². The lowest BCUT2D eigenvalue weighted by atomic mass is 10.1. The molecule has 0 saturated heterocycles. The summed E-state index contributed by atoms with van der Waals surface area (Å²) in [5.74, 6) is -1.41.